The molecule has 0 radical (unpaired) electrons. The number of hydrogen-bond acceptors (Lipinski definition) is 4. The Hall–Kier alpha value is -2.38. The molecule has 1 amide bonds. The highest BCUT2D eigenvalue weighted by Crippen LogP contribution is 2.26. The van der Waals surface area contributed by atoms with Crippen LogP contribution in [0.25, 0.3) is 0 Å². The van der Waals surface area contributed by atoms with Gasteiger partial charge in [0.15, 0.2) is 0 Å². The summed E-state index contributed by atoms with van der Waals surface area (Å²) >= 11 is 0. The van der Waals surface area contributed by atoms with Crippen LogP contribution in [0.2, 0.25) is 0 Å². The molecule has 0 spiro atoms. The third-order valence-electron chi connectivity index (χ3n) is 4.68. The van der Waals surface area contributed by atoms with Gasteiger partial charge in [0.2, 0.25) is 0 Å². The average molecular weight is 433 g/mol. The van der Waals surface area contributed by atoms with Gasteiger partial charge in [-0.15, -0.1) is 0 Å². The van der Waals surface area contributed by atoms with E-state index in [1.165, 1.54) is 0 Å². The van der Waals surface area contributed by atoms with Gasteiger partial charge in [-0.1, -0.05) is 23.8 Å². The van der Waals surface area contributed by atoms with Gasteiger partial charge < -0.3 is 10.1 Å². The first-order valence-corrected chi connectivity index (χ1v) is 11.6. The molecule has 2 N–H and O–H groups in total. The Morgan fingerprint density at radius 2 is 1.63 bits per heavy atom. The molecule has 0 atom stereocenters. The van der Waals surface area contributed by atoms with Crippen molar-refractivity contribution in [2.45, 2.75) is 59.0 Å². The zero-order valence-corrected chi connectivity index (χ0v) is 19.4. The third-order valence-corrected chi connectivity index (χ3v) is 6.35. The first-order valence-electron chi connectivity index (χ1n) is 10.1. The minimum atomic E-state index is -3.79. The maximum atomic E-state index is 13.1. The monoisotopic (exact) mass is 432 g/mol. The number of benzene rings is 2. The lowest BCUT2D eigenvalue weighted by Gasteiger charge is -2.16. The van der Waals surface area contributed by atoms with E-state index in [0.29, 0.717) is 42.0 Å². The van der Waals surface area contributed by atoms with E-state index < -0.39 is 10.0 Å². The standard InChI is InChI=1S/C23H32N2O4S/c1-15(2)29-11-7-10-24-23(26)20-9-8-17(4)21(14-20)25-30(27,28)22-18(5)12-16(3)13-19(22)6/h8-9,12-15,25H,7,10-11H2,1-6H3,(H,24,26). The van der Waals surface area contributed by atoms with Crippen molar-refractivity contribution in [3.05, 3.63) is 58.1 Å². The molecule has 0 saturated carbocycles. The summed E-state index contributed by atoms with van der Waals surface area (Å²) in [5.74, 6) is -0.248. The summed E-state index contributed by atoms with van der Waals surface area (Å²) in [6.45, 7) is 12.3. The van der Waals surface area contributed by atoms with E-state index in [2.05, 4.69) is 10.0 Å². The predicted octanol–water partition coefficient (Wildman–Crippen LogP) is 4.27. The van der Waals surface area contributed by atoms with Gasteiger partial charge in [-0.2, -0.15) is 0 Å². The summed E-state index contributed by atoms with van der Waals surface area (Å²) in [5, 5.41) is 2.84. The predicted molar refractivity (Wildman–Crippen MR) is 121 cm³/mol. The molecular weight excluding hydrogens is 400 g/mol. The summed E-state index contributed by atoms with van der Waals surface area (Å²) in [4.78, 5) is 12.7. The minimum Gasteiger partial charge on any atom is -0.379 e. The maximum Gasteiger partial charge on any atom is 0.262 e. The van der Waals surface area contributed by atoms with Gasteiger partial charge in [-0.3, -0.25) is 9.52 Å². The molecule has 0 aliphatic rings. The normalized spacial score (nSPS) is 11.6. The van der Waals surface area contributed by atoms with Crippen molar-refractivity contribution in [1.82, 2.24) is 5.32 Å². The van der Waals surface area contributed by atoms with Crippen LogP contribution in [-0.2, 0) is 14.8 Å². The van der Waals surface area contributed by atoms with Crippen molar-refractivity contribution in [3.8, 4) is 0 Å². The fourth-order valence-corrected chi connectivity index (χ4v) is 4.93. The number of carbonyl (C=O) groups is 1. The SMILES string of the molecule is Cc1cc(C)c(S(=O)(=O)Nc2cc(C(=O)NCCCOC(C)C)ccc2C)c(C)c1. The molecule has 0 bridgehead atoms. The number of ether oxygens (including phenoxy) is 1. The van der Waals surface area contributed by atoms with Crippen LogP contribution in [0.4, 0.5) is 5.69 Å². The van der Waals surface area contributed by atoms with E-state index in [9.17, 15) is 13.2 Å². The van der Waals surface area contributed by atoms with Gasteiger partial charge in [0.1, 0.15) is 0 Å². The molecule has 2 aromatic carbocycles. The summed E-state index contributed by atoms with van der Waals surface area (Å²) < 4.78 is 34.2. The number of rotatable bonds is 9. The topological polar surface area (TPSA) is 84.5 Å². The van der Waals surface area contributed by atoms with E-state index in [1.807, 2.05) is 32.9 Å². The number of carbonyl (C=O) groups excluding carboxylic acids is 1. The van der Waals surface area contributed by atoms with Crippen molar-refractivity contribution < 1.29 is 17.9 Å². The fourth-order valence-electron chi connectivity index (χ4n) is 3.35. The second kappa shape index (κ2) is 10.1. The van der Waals surface area contributed by atoms with E-state index in [-0.39, 0.29) is 16.9 Å². The number of anilines is 1. The van der Waals surface area contributed by atoms with Crippen molar-refractivity contribution in [2.24, 2.45) is 0 Å². The van der Waals surface area contributed by atoms with E-state index in [0.717, 1.165) is 11.1 Å². The first kappa shape index (κ1) is 23.9. The highest BCUT2D eigenvalue weighted by Gasteiger charge is 2.21. The molecule has 2 rings (SSSR count). The van der Waals surface area contributed by atoms with Crippen molar-refractivity contribution in [1.29, 1.82) is 0 Å². The van der Waals surface area contributed by atoms with Gasteiger partial charge in [-0.05, 0) is 76.8 Å². The Labute approximate surface area is 180 Å². The molecule has 0 aliphatic heterocycles. The largest absolute Gasteiger partial charge is 0.379 e. The summed E-state index contributed by atoms with van der Waals surface area (Å²) in [6.07, 6.45) is 0.871. The molecule has 0 unspecified atom stereocenters. The Morgan fingerprint density at radius 1 is 1.00 bits per heavy atom. The molecule has 0 aliphatic carbocycles. The second-order valence-electron chi connectivity index (χ2n) is 7.89. The van der Waals surface area contributed by atoms with Gasteiger partial charge in [-0.25, -0.2) is 8.42 Å². The zero-order chi connectivity index (χ0) is 22.5. The van der Waals surface area contributed by atoms with Crippen LogP contribution in [0.1, 0.15) is 52.9 Å². The fraction of sp³-hybridized carbons (Fsp3) is 0.435. The lowest BCUT2D eigenvalue weighted by atomic mass is 10.1. The summed E-state index contributed by atoms with van der Waals surface area (Å²) in [7, 11) is -3.79. The maximum absolute atomic E-state index is 13.1. The Kier molecular flexibility index (Phi) is 8.03. The number of sulfonamides is 1. The average Bonchev–Trinajstić information content (AvgIpc) is 2.61. The Balaban J connectivity index is 2.16. The van der Waals surface area contributed by atoms with E-state index in [1.54, 1.807) is 39.0 Å². The molecule has 164 valence electrons. The molecular formula is C23H32N2O4S. The highest BCUT2D eigenvalue weighted by molar-refractivity contribution is 7.92. The number of hydrogen-bond donors (Lipinski definition) is 2. The molecule has 2 aromatic rings. The quantitative estimate of drug-likeness (QED) is 0.580. The van der Waals surface area contributed by atoms with Crippen LogP contribution in [0.15, 0.2) is 35.2 Å². The molecule has 6 nitrogen and oxygen atoms in total. The van der Waals surface area contributed by atoms with Crippen molar-refractivity contribution in [3.63, 3.8) is 0 Å². The Bertz CT molecular complexity index is 991. The molecule has 0 aromatic heterocycles. The lowest BCUT2D eigenvalue weighted by Crippen LogP contribution is -2.26. The van der Waals surface area contributed by atoms with Gasteiger partial charge in [0, 0.05) is 18.7 Å². The smallest absolute Gasteiger partial charge is 0.262 e. The lowest BCUT2D eigenvalue weighted by molar-refractivity contribution is 0.0757. The molecule has 0 heterocycles. The van der Waals surface area contributed by atoms with Gasteiger partial charge in [0.05, 0.1) is 16.7 Å². The number of aryl methyl sites for hydroxylation is 4. The molecule has 30 heavy (non-hydrogen) atoms. The van der Waals surface area contributed by atoms with E-state index in [4.69, 9.17) is 4.74 Å². The highest BCUT2D eigenvalue weighted by atomic mass is 32.2. The van der Waals surface area contributed by atoms with Crippen LogP contribution in [0.5, 0.6) is 0 Å². The summed E-state index contributed by atoms with van der Waals surface area (Å²) in [5.41, 5.74) is 3.93. The van der Waals surface area contributed by atoms with Crippen LogP contribution in [0.3, 0.4) is 0 Å². The first-order chi connectivity index (χ1) is 14.0. The Morgan fingerprint density at radius 3 is 2.23 bits per heavy atom. The van der Waals surface area contributed by atoms with Crippen molar-refractivity contribution >= 4 is 21.6 Å². The summed E-state index contributed by atoms with van der Waals surface area (Å²) in [6, 6.07) is 8.70. The minimum absolute atomic E-state index is 0.161. The molecule has 0 fully saturated rings. The molecule has 7 heteroatoms. The van der Waals surface area contributed by atoms with Gasteiger partial charge in [0.25, 0.3) is 15.9 Å². The van der Waals surface area contributed by atoms with Crippen LogP contribution in [-0.4, -0.2) is 33.6 Å². The van der Waals surface area contributed by atoms with Crippen LogP contribution in [0, 0.1) is 27.7 Å². The van der Waals surface area contributed by atoms with E-state index >= 15 is 0 Å². The second-order valence-corrected chi connectivity index (χ2v) is 9.51. The van der Waals surface area contributed by atoms with Crippen LogP contribution >= 0.6 is 0 Å². The molecule has 0 saturated heterocycles. The van der Waals surface area contributed by atoms with Crippen molar-refractivity contribution in [2.75, 3.05) is 17.9 Å². The number of amides is 1. The van der Waals surface area contributed by atoms with Gasteiger partial charge >= 0.3 is 0 Å². The zero-order valence-electron chi connectivity index (χ0n) is 18.6. The van der Waals surface area contributed by atoms with Crippen LogP contribution < -0.4 is 10.0 Å². The third kappa shape index (κ3) is 6.31. The number of nitrogens with one attached hydrogen (secondary N) is 2.